The van der Waals surface area contributed by atoms with Crippen LogP contribution in [0.15, 0.2) is 24.3 Å². The number of thioether (sulfide) groups is 1. The Bertz CT molecular complexity index is 467. The number of rotatable bonds is 6. The highest BCUT2D eigenvalue weighted by Crippen LogP contribution is 2.25. The lowest BCUT2D eigenvalue weighted by atomic mass is 10.3. The highest BCUT2D eigenvalue weighted by atomic mass is 32.2. The van der Waals surface area contributed by atoms with Gasteiger partial charge in [-0.1, -0.05) is 19.1 Å². The lowest BCUT2D eigenvalue weighted by Gasteiger charge is -2.11. The van der Waals surface area contributed by atoms with Crippen LogP contribution in [-0.4, -0.2) is 38.9 Å². The zero-order valence-electron chi connectivity index (χ0n) is 10.2. The molecule has 0 fully saturated rings. The van der Waals surface area contributed by atoms with Crippen LogP contribution in [0.5, 0.6) is 0 Å². The van der Waals surface area contributed by atoms with E-state index < -0.39 is 6.10 Å². The molecular weight excluding hydrogens is 266 g/mol. The maximum Gasteiger partial charge on any atom is 0.0949 e. The van der Waals surface area contributed by atoms with Gasteiger partial charge in [0, 0.05) is 17.4 Å². The van der Waals surface area contributed by atoms with E-state index in [1.54, 1.807) is 23.1 Å². The molecule has 0 saturated carbocycles. The maximum atomic E-state index is 9.30. The van der Waals surface area contributed by atoms with Gasteiger partial charge < -0.3 is 10.2 Å². The standard InChI is InChI=1S/C13H17NO2S2/c1-9(17-8-10(16)7-15)6-13-14-11-4-2-3-5-12(11)18-13/h2-5,9-10,15-16H,6-8H2,1H3/t9-,10+/m1/s1. The van der Waals surface area contributed by atoms with Crippen LogP contribution >= 0.6 is 23.1 Å². The van der Waals surface area contributed by atoms with E-state index in [0.717, 1.165) is 16.9 Å². The van der Waals surface area contributed by atoms with Gasteiger partial charge in [-0.25, -0.2) is 4.98 Å². The first-order chi connectivity index (χ1) is 8.69. The molecule has 1 aromatic carbocycles. The van der Waals surface area contributed by atoms with Gasteiger partial charge in [0.15, 0.2) is 0 Å². The lowest BCUT2D eigenvalue weighted by molar-refractivity contribution is 0.113. The third-order valence-corrected chi connectivity index (χ3v) is 4.96. The highest BCUT2D eigenvalue weighted by Gasteiger charge is 2.11. The summed E-state index contributed by atoms with van der Waals surface area (Å²) in [5.74, 6) is 0.572. The Morgan fingerprint density at radius 2 is 2.17 bits per heavy atom. The molecule has 0 aliphatic heterocycles. The van der Waals surface area contributed by atoms with E-state index in [1.807, 2.05) is 18.2 Å². The molecular formula is C13H17NO2S2. The maximum absolute atomic E-state index is 9.30. The van der Waals surface area contributed by atoms with Gasteiger partial charge in [0.25, 0.3) is 0 Å². The molecule has 0 aliphatic carbocycles. The van der Waals surface area contributed by atoms with Crippen molar-refractivity contribution in [3.05, 3.63) is 29.3 Å². The Morgan fingerprint density at radius 1 is 1.39 bits per heavy atom. The summed E-state index contributed by atoms with van der Waals surface area (Å²) < 4.78 is 1.22. The van der Waals surface area contributed by atoms with Crippen LogP contribution in [0.2, 0.25) is 0 Å². The molecule has 18 heavy (non-hydrogen) atoms. The zero-order valence-corrected chi connectivity index (χ0v) is 11.9. The number of hydrogen-bond acceptors (Lipinski definition) is 5. The van der Waals surface area contributed by atoms with Crippen molar-refractivity contribution >= 4 is 33.3 Å². The van der Waals surface area contributed by atoms with Crippen molar-refractivity contribution in [3.63, 3.8) is 0 Å². The van der Waals surface area contributed by atoms with Gasteiger partial charge in [0.2, 0.25) is 0 Å². The van der Waals surface area contributed by atoms with Crippen LogP contribution in [0.3, 0.4) is 0 Å². The number of aliphatic hydroxyl groups excluding tert-OH is 2. The average molecular weight is 283 g/mol. The van der Waals surface area contributed by atoms with Crippen LogP contribution in [0.4, 0.5) is 0 Å². The SMILES string of the molecule is C[C@H](Cc1nc2ccccc2s1)SC[C@@H](O)CO. The summed E-state index contributed by atoms with van der Waals surface area (Å²) in [6.45, 7) is 1.96. The van der Waals surface area contributed by atoms with Crippen molar-refractivity contribution in [3.8, 4) is 0 Å². The van der Waals surface area contributed by atoms with Crippen LogP contribution in [0.25, 0.3) is 10.2 Å². The van der Waals surface area contributed by atoms with Gasteiger partial charge >= 0.3 is 0 Å². The van der Waals surface area contributed by atoms with E-state index in [1.165, 1.54) is 4.70 Å². The largest absolute Gasteiger partial charge is 0.394 e. The summed E-state index contributed by atoms with van der Waals surface area (Å²) in [7, 11) is 0. The minimum atomic E-state index is -0.618. The van der Waals surface area contributed by atoms with Crippen molar-refractivity contribution in [2.75, 3.05) is 12.4 Å². The van der Waals surface area contributed by atoms with E-state index >= 15 is 0 Å². The lowest BCUT2D eigenvalue weighted by Crippen LogP contribution is -2.17. The molecule has 2 N–H and O–H groups in total. The predicted molar refractivity (Wildman–Crippen MR) is 78.3 cm³/mol. The molecule has 1 aromatic heterocycles. The Kier molecular flexibility index (Phi) is 5.00. The van der Waals surface area contributed by atoms with E-state index in [-0.39, 0.29) is 6.61 Å². The topological polar surface area (TPSA) is 53.4 Å². The number of benzene rings is 1. The Hall–Kier alpha value is -0.620. The van der Waals surface area contributed by atoms with Crippen LogP contribution < -0.4 is 0 Å². The second kappa shape index (κ2) is 6.52. The molecule has 1 heterocycles. The molecule has 2 aromatic rings. The molecule has 98 valence electrons. The Labute approximate surface area is 115 Å². The van der Waals surface area contributed by atoms with E-state index in [4.69, 9.17) is 5.11 Å². The average Bonchev–Trinajstić information content (AvgIpc) is 2.77. The number of aliphatic hydroxyl groups is 2. The zero-order chi connectivity index (χ0) is 13.0. The van der Waals surface area contributed by atoms with E-state index in [0.29, 0.717) is 11.0 Å². The second-order valence-electron chi connectivity index (χ2n) is 4.26. The van der Waals surface area contributed by atoms with Crippen LogP contribution in [-0.2, 0) is 6.42 Å². The van der Waals surface area contributed by atoms with Crippen LogP contribution in [0, 0.1) is 0 Å². The number of thiazole rings is 1. The minimum absolute atomic E-state index is 0.166. The van der Waals surface area contributed by atoms with Crippen molar-refractivity contribution in [1.29, 1.82) is 0 Å². The molecule has 0 spiro atoms. The van der Waals surface area contributed by atoms with Crippen molar-refractivity contribution < 1.29 is 10.2 Å². The quantitative estimate of drug-likeness (QED) is 0.854. The fourth-order valence-electron chi connectivity index (χ4n) is 1.64. The normalized spacial score (nSPS) is 14.8. The monoisotopic (exact) mass is 283 g/mol. The van der Waals surface area contributed by atoms with Crippen LogP contribution in [0.1, 0.15) is 11.9 Å². The number of nitrogens with zero attached hydrogens (tertiary/aromatic N) is 1. The van der Waals surface area contributed by atoms with Crippen molar-refractivity contribution in [2.45, 2.75) is 24.7 Å². The summed E-state index contributed by atoms with van der Waals surface area (Å²) >= 11 is 3.40. The molecule has 0 unspecified atom stereocenters. The fraction of sp³-hybridized carbons (Fsp3) is 0.462. The summed E-state index contributed by atoms with van der Waals surface area (Å²) in [6.07, 6.45) is 0.287. The molecule has 3 nitrogen and oxygen atoms in total. The molecule has 2 atom stereocenters. The first kappa shape index (κ1) is 13.8. The summed E-state index contributed by atoms with van der Waals surface area (Å²) in [6, 6.07) is 8.15. The molecule has 5 heteroatoms. The number of aromatic nitrogens is 1. The number of hydrogen-bond donors (Lipinski definition) is 2. The highest BCUT2D eigenvalue weighted by molar-refractivity contribution is 7.99. The van der Waals surface area contributed by atoms with Crippen molar-refractivity contribution in [2.24, 2.45) is 0 Å². The first-order valence-corrected chi connectivity index (χ1v) is 7.80. The third-order valence-electron chi connectivity index (χ3n) is 2.58. The molecule has 0 amide bonds. The predicted octanol–water partition coefficient (Wildman–Crippen LogP) is 2.31. The van der Waals surface area contributed by atoms with E-state index in [2.05, 4.69) is 18.0 Å². The number of fused-ring (bicyclic) bond motifs is 1. The van der Waals surface area contributed by atoms with Gasteiger partial charge in [-0.05, 0) is 12.1 Å². The third kappa shape index (κ3) is 3.68. The minimum Gasteiger partial charge on any atom is -0.394 e. The molecule has 0 saturated heterocycles. The Balaban J connectivity index is 1.92. The summed E-state index contributed by atoms with van der Waals surface area (Å²) in [5, 5.41) is 19.6. The smallest absolute Gasteiger partial charge is 0.0949 e. The van der Waals surface area contributed by atoms with Crippen molar-refractivity contribution in [1.82, 2.24) is 4.98 Å². The van der Waals surface area contributed by atoms with Gasteiger partial charge in [0.05, 0.1) is 27.9 Å². The molecule has 0 aliphatic rings. The molecule has 0 radical (unpaired) electrons. The second-order valence-corrected chi connectivity index (χ2v) is 6.85. The summed E-state index contributed by atoms with van der Waals surface area (Å²) in [4.78, 5) is 4.59. The van der Waals surface area contributed by atoms with Gasteiger partial charge in [-0.2, -0.15) is 11.8 Å². The van der Waals surface area contributed by atoms with Gasteiger partial charge in [-0.3, -0.25) is 0 Å². The first-order valence-electron chi connectivity index (χ1n) is 5.94. The Morgan fingerprint density at radius 3 is 2.89 bits per heavy atom. The van der Waals surface area contributed by atoms with Gasteiger partial charge in [-0.15, -0.1) is 11.3 Å². The number of para-hydroxylation sites is 1. The molecule has 0 bridgehead atoms. The fourth-order valence-corrected chi connectivity index (χ4v) is 3.77. The van der Waals surface area contributed by atoms with E-state index in [9.17, 15) is 5.11 Å². The van der Waals surface area contributed by atoms with Gasteiger partial charge in [0.1, 0.15) is 0 Å². The summed E-state index contributed by atoms with van der Waals surface area (Å²) in [5.41, 5.74) is 1.06. The molecule has 2 rings (SSSR count).